The van der Waals surface area contributed by atoms with E-state index in [-0.39, 0.29) is 6.61 Å². The molecule has 0 N–H and O–H groups in total. The van der Waals surface area contributed by atoms with Crippen molar-refractivity contribution in [3.05, 3.63) is 35.4 Å². The molecule has 0 aliphatic heterocycles. The van der Waals surface area contributed by atoms with E-state index in [9.17, 15) is 9.59 Å². The van der Waals surface area contributed by atoms with E-state index in [1.54, 1.807) is 24.3 Å². The van der Waals surface area contributed by atoms with Crippen molar-refractivity contribution in [3.8, 4) is 0 Å². The van der Waals surface area contributed by atoms with Crippen molar-refractivity contribution < 1.29 is 29.1 Å². The van der Waals surface area contributed by atoms with Gasteiger partial charge in [-0.05, 0) is 25.5 Å². The van der Waals surface area contributed by atoms with Crippen LogP contribution in [0, 0.1) is 6.92 Å². The van der Waals surface area contributed by atoms with E-state index < -0.39 is 12.1 Å². The third-order valence-electron chi connectivity index (χ3n) is 3.22. The Morgan fingerprint density at radius 2 is 1.57 bits per heavy atom. The highest BCUT2D eigenvalue weighted by molar-refractivity contribution is 5.88. The maximum atomic E-state index is 11.5. The highest BCUT2D eigenvalue weighted by atomic mass is 17.5. The van der Waals surface area contributed by atoms with Crippen molar-refractivity contribution in [1.29, 1.82) is 0 Å². The summed E-state index contributed by atoms with van der Waals surface area (Å²) in [7, 11) is 0. The van der Waals surface area contributed by atoms with Gasteiger partial charge in [0.15, 0.2) is 0 Å². The minimum atomic E-state index is -1.03. The van der Waals surface area contributed by atoms with Gasteiger partial charge in [0, 0.05) is 0 Å². The topological polar surface area (TPSA) is 71.1 Å². The van der Waals surface area contributed by atoms with Gasteiger partial charge in [0.25, 0.3) is 0 Å². The molecule has 1 aromatic carbocycles. The number of ether oxygens (including phenoxy) is 1. The van der Waals surface area contributed by atoms with Crippen molar-refractivity contribution in [2.24, 2.45) is 0 Å². The van der Waals surface area contributed by atoms with E-state index in [4.69, 9.17) is 4.74 Å². The summed E-state index contributed by atoms with van der Waals surface area (Å²) in [4.78, 5) is 31.3. The van der Waals surface area contributed by atoms with Gasteiger partial charge in [-0.2, -0.15) is 0 Å². The molecular formula is C17H24O6. The van der Waals surface area contributed by atoms with E-state index in [0.717, 1.165) is 24.8 Å². The van der Waals surface area contributed by atoms with Gasteiger partial charge in [-0.15, -0.1) is 0 Å². The molecule has 0 radical (unpaired) electrons. The Balaban J connectivity index is 2.05. The molecule has 0 amide bonds. The molecule has 0 aliphatic rings. The first-order chi connectivity index (χ1) is 11.1. The summed E-state index contributed by atoms with van der Waals surface area (Å²) in [6, 6.07) is 6.67. The molecule has 0 fully saturated rings. The second-order valence-electron chi connectivity index (χ2n) is 5.25. The molecule has 6 nitrogen and oxygen atoms in total. The first-order valence-electron chi connectivity index (χ1n) is 7.92. The summed E-state index contributed by atoms with van der Waals surface area (Å²) >= 11 is 0. The van der Waals surface area contributed by atoms with Gasteiger partial charge < -0.3 is 4.74 Å². The molecule has 0 saturated heterocycles. The quantitative estimate of drug-likeness (QED) is 0.273. The van der Waals surface area contributed by atoms with Crippen LogP contribution in [0.3, 0.4) is 0 Å². The van der Waals surface area contributed by atoms with Gasteiger partial charge in [0.1, 0.15) is 0 Å². The summed E-state index contributed by atoms with van der Waals surface area (Å²) in [5, 5.41) is 4.13. The normalized spacial score (nSPS) is 10.2. The zero-order valence-electron chi connectivity index (χ0n) is 13.7. The minimum absolute atomic E-state index is 0.250. The number of unbranched alkanes of at least 4 members (excludes halogenated alkanes) is 5. The molecule has 0 aliphatic carbocycles. The molecule has 128 valence electrons. The third kappa shape index (κ3) is 8.83. The maximum absolute atomic E-state index is 11.5. The molecule has 23 heavy (non-hydrogen) atoms. The number of benzene rings is 1. The average molecular weight is 324 g/mol. The Bertz CT molecular complexity index is 468. The first kappa shape index (κ1) is 19.0. The summed E-state index contributed by atoms with van der Waals surface area (Å²) in [5.74, 6) is -0.756. The van der Waals surface area contributed by atoms with E-state index in [1.807, 2.05) is 6.92 Å². The molecule has 1 rings (SSSR count). The van der Waals surface area contributed by atoms with Crippen LogP contribution in [0.2, 0.25) is 0 Å². The number of hydrogen-bond donors (Lipinski definition) is 0. The Morgan fingerprint density at radius 1 is 0.913 bits per heavy atom. The Kier molecular flexibility index (Phi) is 9.47. The Labute approximate surface area is 136 Å². The van der Waals surface area contributed by atoms with Crippen molar-refractivity contribution in [2.45, 2.75) is 52.4 Å². The van der Waals surface area contributed by atoms with E-state index in [0.29, 0.717) is 5.56 Å². The average Bonchev–Trinajstić information content (AvgIpc) is 2.54. The zero-order chi connectivity index (χ0) is 16.9. The molecule has 0 heterocycles. The fraction of sp³-hybridized carbons (Fsp3) is 0.529. The predicted octanol–water partition coefficient (Wildman–Crippen LogP) is 4.51. The van der Waals surface area contributed by atoms with Gasteiger partial charge in [-0.1, -0.05) is 56.7 Å². The molecule has 0 bridgehead atoms. The molecule has 1 aromatic rings. The summed E-state index contributed by atoms with van der Waals surface area (Å²) in [6.45, 7) is 4.31. The van der Waals surface area contributed by atoms with E-state index in [2.05, 4.69) is 21.7 Å². The molecular weight excluding hydrogens is 300 g/mol. The monoisotopic (exact) mass is 324 g/mol. The molecule has 0 unspecified atom stereocenters. The number of hydrogen-bond acceptors (Lipinski definition) is 6. The van der Waals surface area contributed by atoms with Crippen LogP contribution in [0.5, 0.6) is 0 Å². The SMILES string of the molecule is CCCCCCCCOC(=O)OOOC(=O)c1ccc(C)cc1. The minimum Gasteiger partial charge on any atom is -0.432 e. The first-order valence-corrected chi connectivity index (χ1v) is 7.92. The Morgan fingerprint density at radius 3 is 2.26 bits per heavy atom. The van der Waals surface area contributed by atoms with Crippen LogP contribution < -0.4 is 0 Å². The van der Waals surface area contributed by atoms with E-state index in [1.165, 1.54) is 19.3 Å². The van der Waals surface area contributed by atoms with Gasteiger partial charge >= 0.3 is 12.1 Å². The highest BCUT2D eigenvalue weighted by Crippen LogP contribution is 2.06. The molecule has 0 saturated carbocycles. The van der Waals surface area contributed by atoms with Crippen LogP contribution in [-0.4, -0.2) is 18.7 Å². The second kappa shape index (κ2) is 11.5. The van der Waals surface area contributed by atoms with Crippen molar-refractivity contribution >= 4 is 12.1 Å². The lowest BCUT2D eigenvalue weighted by Crippen LogP contribution is -2.12. The predicted molar refractivity (Wildman–Crippen MR) is 83.5 cm³/mol. The van der Waals surface area contributed by atoms with Crippen LogP contribution in [0.4, 0.5) is 4.79 Å². The lowest BCUT2D eigenvalue weighted by molar-refractivity contribution is -0.452. The van der Waals surface area contributed by atoms with Crippen molar-refractivity contribution in [3.63, 3.8) is 0 Å². The molecule has 0 atom stereocenters. The highest BCUT2D eigenvalue weighted by Gasteiger charge is 2.11. The van der Waals surface area contributed by atoms with E-state index >= 15 is 0 Å². The second-order valence-corrected chi connectivity index (χ2v) is 5.25. The standard InChI is InChI=1S/C17H24O6/c1-3-4-5-6-7-8-13-20-17(19)22-23-21-16(18)15-11-9-14(2)10-12-15/h9-12H,3-8,13H2,1-2H3. The number of carbonyl (C=O) groups is 2. The summed E-state index contributed by atoms with van der Waals surface area (Å²) in [6.07, 6.45) is 5.47. The molecule has 0 spiro atoms. The largest absolute Gasteiger partial charge is 0.543 e. The van der Waals surface area contributed by atoms with Crippen LogP contribution >= 0.6 is 0 Å². The van der Waals surface area contributed by atoms with Crippen LogP contribution in [0.15, 0.2) is 24.3 Å². The lowest BCUT2D eigenvalue weighted by Gasteiger charge is -2.04. The van der Waals surface area contributed by atoms with Gasteiger partial charge in [-0.3, -0.25) is 4.89 Å². The lowest BCUT2D eigenvalue weighted by atomic mass is 10.1. The van der Waals surface area contributed by atoms with Crippen molar-refractivity contribution in [1.82, 2.24) is 0 Å². The number of carbonyl (C=O) groups excluding carboxylic acids is 2. The summed E-state index contributed by atoms with van der Waals surface area (Å²) < 4.78 is 4.77. The smallest absolute Gasteiger partial charge is 0.432 e. The molecule has 6 heteroatoms. The Hall–Kier alpha value is -2.08. The number of rotatable bonds is 10. The van der Waals surface area contributed by atoms with Crippen LogP contribution in [-0.2, 0) is 19.6 Å². The van der Waals surface area contributed by atoms with Gasteiger partial charge in [0.05, 0.1) is 17.2 Å². The zero-order valence-corrected chi connectivity index (χ0v) is 13.7. The van der Waals surface area contributed by atoms with Crippen LogP contribution in [0.25, 0.3) is 0 Å². The molecule has 0 aromatic heterocycles. The fourth-order valence-electron chi connectivity index (χ4n) is 1.88. The van der Waals surface area contributed by atoms with Crippen LogP contribution in [0.1, 0.15) is 61.4 Å². The number of aryl methyl sites for hydroxylation is 1. The fourth-order valence-corrected chi connectivity index (χ4v) is 1.88. The summed E-state index contributed by atoms with van der Waals surface area (Å²) in [5.41, 5.74) is 1.30. The maximum Gasteiger partial charge on any atom is 0.543 e. The third-order valence-corrected chi connectivity index (χ3v) is 3.22. The van der Waals surface area contributed by atoms with Gasteiger partial charge in [-0.25, -0.2) is 14.5 Å². The van der Waals surface area contributed by atoms with Gasteiger partial charge in [0.2, 0.25) is 0 Å². The van der Waals surface area contributed by atoms with Crippen molar-refractivity contribution in [2.75, 3.05) is 6.61 Å².